The molecule has 1 aromatic rings. The molecule has 114 valence electrons. The third-order valence-electron chi connectivity index (χ3n) is 3.84. The molecule has 0 saturated carbocycles. The van der Waals surface area contributed by atoms with Crippen LogP contribution in [0.4, 0.5) is 0 Å². The Bertz CT molecular complexity index is 501. The Kier molecular flexibility index (Phi) is 4.23. The molecule has 0 unspecified atom stereocenters. The average Bonchev–Trinajstić information content (AvgIpc) is 3.17. The molecule has 3 rings (SSSR count). The van der Waals surface area contributed by atoms with Crippen molar-refractivity contribution >= 4 is 23.2 Å². The van der Waals surface area contributed by atoms with Gasteiger partial charge in [0.1, 0.15) is 0 Å². The molecule has 1 aromatic heterocycles. The van der Waals surface area contributed by atoms with Crippen LogP contribution in [0.2, 0.25) is 0 Å². The van der Waals surface area contributed by atoms with Crippen LogP contribution in [-0.4, -0.2) is 55.3 Å². The molecule has 6 nitrogen and oxygen atoms in total. The Balaban J connectivity index is 1.45. The Morgan fingerprint density at radius 2 is 2.00 bits per heavy atom. The van der Waals surface area contributed by atoms with E-state index in [0.717, 1.165) is 0 Å². The molecule has 1 N–H and O–H groups in total. The number of likely N-dealkylation sites (tertiary alicyclic amines) is 1. The first-order chi connectivity index (χ1) is 10.2. The molecule has 2 fully saturated rings. The predicted molar refractivity (Wildman–Crippen MR) is 77.1 cm³/mol. The van der Waals surface area contributed by atoms with Crippen LogP contribution in [0.15, 0.2) is 17.5 Å². The molecule has 7 heteroatoms. The fourth-order valence-corrected chi connectivity index (χ4v) is 3.29. The molecule has 21 heavy (non-hydrogen) atoms. The van der Waals surface area contributed by atoms with E-state index < -0.39 is 5.79 Å². The average molecular weight is 310 g/mol. The van der Waals surface area contributed by atoms with E-state index in [1.54, 1.807) is 11.0 Å². The summed E-state index contributed by atoms with van der Waals surface area (Å²) in [5.41, 5.74) is 0. The maximum atomic E-state index is 12.1. The van der Waals surface area contributed by atoms with Crippen LogP contribution >= 0.6 is 11.3 Å². The van der Waals surface area contributed by atoms with E-state index >= 15 is 0 Å². The highest BCUT2D eigenvalue weighted by Gasteiger charge is 2.40. The van der Waals surface area contributed by atoms with Crippen molar-refractivity contribution in [1.29, 1.82) is 0 Å². The lowest BCUT2D eigenvalue weighted by Crippen LogP contribution is -2.49. The number of carbonyl (C=O) groups excluding carboxylic acids is 2. The van der Waals surface area contributed by atoms with Crippen LogP contribution in [0.5, 0.6) is 0 Å². The van der Waals surface area contributed by atoms with Gasteiger partial charge < -0.3 is 19.7 Å². The van der Waals surface area contributed by atoms with E-state index in [9.17, 15) is 9.59 Å². The summed E-state index contributed by atoms with van der Waals surface area (Å²) in [6, 6.07) is 3.55. The van der Waals surface area contributed by atoms with Gasteiger partial charge in [0.2, 0.25) is 5.91 Å². The molecule has 0 bridgehead atoms. The number of hydrogen-bond donors (Lipinski definition) is 1. The van der Waals surface area contributed by atoms with Gasteiger partial charge >= 0.3 is 0 Å². The zero-order chi connectivity index (χ0) is 14.7. The van der Waals surface area contributed by atoms with E-state index in [1.165, 1.54) is 11.3 Å². The third kappa shape index (κ3) is 3.25. The SMILES string of the molecule is O=C(NCC(=O)N1CCC2(CC1)OCCO2)c1cccs1. The molecule has 0 aliphatic carbocycles. The van der Waals surface area contributed by atoms with Crippen LogP contribution < -0.4 is 5.32 Å². The summed E-state index contributed by atoms with van der Waals surface area (Å²) in [4.78, 5) is 26.3. The number of carbonyl (C=O) groups is 2. The summed E-state index contributed by atoms with van der Waals surface area (Å²) in [6.07, 6.45) is 1.38. The lowest BCUT2D eigenvalue weighted by molar-refractivity contribution is -0.187. The molecule has 2 aliphatic rings. The smallest absolute Gasteiger partial charge is 0.261 e. The Morgan fingerprint density at radius 3 is 2.62 bits per heavy atom. The quantitative estimate of drug-likeness (QED) is 0.898. The maximum absolute atomic E-state index is 12.1. The number of piperidine rings is 1. The molecule has 1 spiro atoms. The fraction of sp³-hybridized carbons (Fsp3) is 0.571. The van der Waals surface area contributed by atoms with Gasteiger partial charge in [-0.3, -0.25) is 9.59 Å². The minimum Gasteiger partial charge on any atom is -0.347 e. The number of thiophene rings is 1. The standard InChI is InChI=1S/C14H18N2O4S/c17-12(10-15-13(18)11-2-1-9-21-11)16-5-3-14(4-6-16)19-7-8-20-14/h1-2,9H,3-8,10H2,(H,15,18). The molecule has 2 saturated heterocycles. The van der Waals surface area contributed by atoms with Crippen molar-refractivity contribution in [2.24, 2.45) is 0 Å². The molecular weight excluding hydrogens is 292 g/mol. The number of rotatable bonds is 3. The van der Waals surface area contributed by atoms with Crippen molar-refractivity contribution in [1.82, 2.24) is 10.2 Å². The summed E-state index contributed by atoms with van der Waals surface area (Å²) in [5, 5.41) is 4.50. The van der Waals surface area contributed by atoms with Gasteiger partial charge in [-0.15, -0.1) is 11.3 Å². The highest BCUT2D eigenvalue weighted by atomic mass is 32.1. The minimum absolute atomic E-state index is 0.0332. The molecule has 0 radical (unpaired) electrons. The Hall–Kier alpha value is -1.44. The van der Waals surface area contributed by atoms with Crippen LogP contribution in [0.3, 0.4) is 0 Å². The van der Waals surface area contributed by atoms with Gasteiger partial charge in [0.25, 0.3) is 5.91 Å². The zero-order valence-electron chi connectivity index (χ0n) is 11.7. The third-order valence-corrected chi connectivity index (χ3v) is 4.71. The molecule has 0 aromatic carbocycles. The predicted octanol–water partition coefficient (Wildman–Crippen LogP) is 0.843. The number of ether oxygens (including phenoxy) is 2. The van der Waals surface area contributed by atoms with E-state index in [1.807, 2.05) is 11.4 Å². The van der Waals surface area contributed by atoms with E-state index in [2.05, 4.69) is 5.32 Å². The normalized spacial score (nSPS) is 20.7. The van der Waals surface area contributed by atoms with Gasteiger partial charge in [-0.1, -0.05) is 6.07 Å². The number of hydrogen-bond acceptors (Lipinski definition) is 5. The second-order valence-corrected chi connectivity index (χ2v) is 6.10. The molecular formula is C14H18N2O4S. The van der Waals surface area contributed by atoms with Gasteiger partial charge in [-0.2, -0.15) is 0 Å². The van der Waals surface area contributed by atoms with Gasteiger partial charge in [-0.05, 0) is 11.4 Å². The second kappa shape index (κ2) is 6.13. The van der Waals surface area contributed by atoms with Crippen LogP contribution in [-0.2, 0) is 14.3 Å². The van der Waals surface area contributed by atoms with Crippen molar-refractivity contribution in [3.05, 3.63) is 22.4 Å². The molecule has 2 amide bonds. The lowest BCUT2D eigenvalue weighted by Gasteiger charge is -2.37. The van der Waals surface area contributed by atoms with Crippen molar-refractivity contribution < 1.29 is 19.1 Å². The van der Waals surface area contributed by atoms with Crippen LogP contribution in [0.1, 0.15) is 22.5 Å². The molecule has 3 heterocycles. The highest BCUT2D eigenvalue weighted by Crippen LogP contribution is 2.31. The van der Waals surface area contributed by atoms with Crippen LogP contribution in [0.25, 0.3) is 0 Å². The Morgan fingerprint density at radius 1 is 1.29 bits per heavy atom. The summed E-state index contributed by atoms with van der Waals surface area (Å²) in [6.45, 7) is 2.50. The molecule has 0 atom stereocenters. The van der Waals surface area contributed by atoms with E-state index in [0.29, 0.717) is 44.0 Å². The van der Waals surface area contributed by atoms with E-state index in [4.69, 9.17) is 9.47 Å². The Labute approximate surface area is 127 Å². The van der Waals surface area contributed by atoms with Gasteiger partial charge in [0.15, 0.2) is 5.79 Å². The van der Waals surface area contributed by atoms with E-state index in [-0.39, 0.29) is 18.4 Å². The summed E-state index contributed by atoms with van der Waals surface area (Å²) in [7, 11) is 0. The maximum Gasteiger partial charge on any atom is 0.261 e. The van der Waals surface area contributed by atoms with Gasteiger partial charge in [0, 0.05) is 25.9 Å². The van der Waals surface area contributed by atoms with Crippen molar-refractivity contribution in [2.45, 2.75) is 18.6 Å². The summed E-state index contributed by atoms with van der Waals surface area (Å²) >= 11 is 1.36. The first kappa shape index (κ1) is 14.5. The first-order valence-corrected chi connectivity index (χ1v) is 7.94. The van der Waals surface area contributed by atoms with Crippen molar-refractivity contribution in [2.75, 3.05) is 32.8 Å². The fourth-order valence-electron chi connectivity index (χ4n) is 2.65. The minimum atomic E-state index is -0.475. The second-order valence-electron chi connectivity index (χ2n) is 5.15. The van der Waals surface area contributed by atoms with Crippen molar-refractivity contribution in [3.63, 3.8) is 0 Å². The van der Waals surface area contributed by atoms with Gasteiger partial charge in [0.05, 0.1) is 24.6 Å². The molecule has 2 aliphatic heterocycles. The highest BCUT2D eigenvalue weighted by molar-refractivity contribution is 7.12. The van der Waals surface area contributed by atoms with Crippen LogP contribution in [0, 0.1) is 0 Å². The topological polar surface area (TPSA) is 67.9 Å². The monoisotopic (exact) mass is 310 g/mol. The number of nitrogens with one attached hydrogen (secondary N) is 1. The summed E-state index contributed by atoms with van der Waals surface area (Å²) in [5.74, 6) is -0.737. The lowest BCUT2D eigenvalue weighted by atomic mass is 10.0. The summed E-state index contributed by atoms with van der Waals surface area (Å²) < 4.78 is 11.3. The van der Waals surface area contributed by atoms with Crippen molar-refractivity contribution in [3.8, 4) is 0 Å². The number of nitrogens with zero attached hydrogens (tertiary/aromatic N) is 1. The number of amides is 2. The van der Waals surface area contributed by atoms with Gasteiger partial charge in [-0.25, -0.2) is 0 Å². The zero-order valence-corrected chi connectivity index (χ0v) is 12.5. The first-order valence-electron chi connectivity index (χ1n) is 7.06. The largest absolute Gasteiger partial charge is 0.347 e.